The first kappa shape index (κ1) is 12.9. The summed E-state index contributed by atoms with van der Waals surface area (Å²) in [7, 11) is 0. The van der Waals surface area contributed by atoms with Crippen LogP contribution in [0.2, 0.25) is 0 Å². The Morgan fingerprint density at radius 1 is 1.25 bits per heavy atom. The second kappa shape index (κ2) is 4.03. The van der Waals surface area contributed by atoms with Crippen LogP contribution in [0.15, 0.2) is 0 Å². The molecule has 1 atom stereocenters. The standard InChI is InChI=1S/C10H18N2O4/c1-10(2,3)7-6-11-4-5-12(7,8(13)14)9(15)16/h7,11H,4-6H2,1-3H3,(H-,13,14,15,16)/p+1. The van der Waals surface area contributed by atoms with Crippen LogP contribution in [0.5, 0.6) is 0 Å². The lowest BCUT2D eigenvalue weighted by Crippen LogP contribution is -2.72. The Morgan fingerprint density at radius 2 is 1.75 bits per heavy atom. The number of piperazine rings is 1. The van der Waals surface area contributed by atoms with Crippen LogP contribution in [0.4, 0.5) is 9.59 Å². The van der Waals surface area contributed by atoms with E-state index in [1.807, 2.05) is 20.8 Å². The second-order valence-corrected chi connectivity index (χ2v) is 5.24. The predicted molar refractivity (Wildman–Crippen MR) is 57.3 cm³/mol. The van der Waals surface area contributed by atoms with Crippen molar-refractivity contribution >= 4 is 12.2 Å². The molecule has 0 spiro atoms. The smallest absolute Gasteiger partial charge is 0.435 e. The molecule has 6 nitrogen and oxygen atoms in total. The molecule has 2 amide bonds. The highest BCUT2D eigenvalue weighted by Gasteiger charge is 2.57. The van der Waals surface area contributed by atoms with Crippen LogP contribution in [-0.2, 0) is 0 Å². The fraction of sp³-hybridized carbons (Fsp3) is 0.800. The molecule has 1 aliphatic heterocycles. The molecule has 0 saturated carbocycles. The van der Waals surface area contributed by atoms with E-state index in [-0.39, 0.29) is 12.0 Å². The van der Waals surface area contributed by atoms with Gasteiger partial charge in [-0.1, -0.05) is 20.8 Å². The van der Waals surface area contributed by atoms with Crippen molar-refractivity contribution in [3.8, 4) is 0 Å². The quantitative estimate of drug-likeness (QED) is 0.545. The minimum absolute atomic E-state index is 0.0760. The lowest BCUT2D eigenvalue weighted by atomic mass is 9.83. The third kappa shape index (κ3) is 1.90. The van der Waals surface area contributed by atoms with Gasteiger partial charge < -0.3 is 15.5 Å². The van der Waals surface area contributed by atoms with E-state index in [0.717, 1.165) is 0 Å². The molecular weight excluding hydrogens is 212 g/mol. The molecule has 16 heavy (non-hydrogen) atoms. The molecule has 1 rings (SSSR count). The number of quaternary nitrogens is 1. The molecule has 6 heteroatoms. The van der Waals surface area contributed by atoms with Crippen molar-refractivity contribution in [3.05, 3.63) is 0 Å². The van der Waals surface area contributed by atoms with Crippen molar-refractivity contribution in [2.24, 2.45) is 5.41 Å². The molecular formula is C10H19N2O4+. The molecule has 0 aliphatic carbocycles. The molecule has 1 heterocycles. The number of imide groups is 1. The molecule has 0 bridgehead atoms. The van der Waals surface area contributed by atoms with E-state index in [1.54, 1.807) is 0 Å². The van der Waals surface area contributed by atoms with Gasteiger partial charge in [-0.3, -0.25) is 0 Å². The topological polar surface area (TPSA) is 86.6 Å². The molecule has 1 saturated heterocycles. The average molecular weight is 231 g/mol. The minimum Gasteiger partial charge on any atom is -0.435 e. The Hall–Kier alpha value is -1.14. The molecule has 0 radical (unpaired) electrons. The Balaban J connectivity index is 3.21. The highest BCUT2D eigenvalue weighted by atomic mass is 16.4. The average Bonchev–Trinajstić information content (AvgIpc) is 2.15. The van der Waals surface area contributed by atoms with E-state index in [0.29, 0.717) is 13.1 Å². The van der Waals surface area contributed by atoms with Crippen LogP contribution in [0.1, 0.15) is 20.8 Å². The summed E-state index contributed by atoms with van der Waals surface area (Å²) >= 11 is 0. The van der Waals surface area contributed by atoms with E-state index in [1.165, 1.54) is 0 Å². The number of amides is 2. The molecule has 0 aromatic carbocycles. The van der Waals surface area contributed by atoms with Crippen LogP contribution in [-0.4, -0.2) is 52.6 Å². The van der Waals surface area contributed by atoms with Crippen molar-refractivity contribution in [3.63, 3.8) is 0 Å². The fourth-order valence-electron chi connectivity index (χ4n) is 2.31. The van der Waals surface area contributed by atoms with E-state index in [9.17, 15) is 19.8 Å². The van der Waals surface area contributed by atoms with E-state index < -0.39 is 22.7 Å². The molecule has 1 fully saturated rings. The molecule has 92 valence electrons. The number of nitrogens with one attached hydrogen (secondary N) is 1. The monoisotopic (exact) mass is 231 g/mol. The van der Waals surface area contributed by atoms with Gasteiger partial charge >= 0.3 is 12.2 Å². The summed E-state index contributed by atoms with van der Waals surface area (Å²) in [6.07, 6.45) is -2.57. The summed E-state index contributed by atoms with van der Waals surface area (Å²) in [5, 5.41) is 21.6. The largest absolute Gasteiger partial charge is 0.524 e. The fourth-order valence-corrected chi connectivity index (χ4v) is 2.31. The maximum absolute atomic E-state index is 11.3. The Morgan fingerprint density at radius 3 is 2.06 bits per heavy atom. The molecule has 0 aromatic rings. The lowest BCUT2D eigenvalue weighted by molar-refractivity contribution is -0.822. The first-order valence-electron chi connectivity index (χ1n) is 5.28. The van der Waals surface area contributed by atoms with Gasteiger partial charge in [-0.05, 0) is 0 Å². The SMILES string of the molecule is CC(C)(C)C1CNCC[N+]1(C(=O)O)C(=O)O. The summed E-state index contributed by atoms with van der Waals surface area (Å²) in [5.74, 6) is 0. The molecule has 1 unspecified atom stereocenters. The predicted octanol–water partition coefficient (Wildman–Crippen LogP) is 1.18. The number of rotatable bonds is 0. The zero-order valence-electron chi connectivity index (χ0n) is 9.86. The Labute approximate surface area is 94.4 Å². The normalized spacial score (nSPS) is 25.1. The van der Waals surface area contributed by atoms with Gasteiger partial charge in [0.05, 0.1) is 0 Å². The maximum atomic E-state index is 11.3. The summed E-state index contributed by atoms with van der Waals surface area (Å²) in [4.78, 5) is 22.7. The first-order valence-corrected chi connectivity index (χ1v) is 5.28. The van der Waals surface area contributed by atoms with Gasteiger partial charge in [0, 0.05) is 18.5 Å². The number of hydrogen-bond acceptors (Lipinski definition) is 3. The maximum Gasteiger partial charge on any atom is 0.524 e. The Kier molecular flexibility index (Phi) is 3.25. The van der Waals surface area contributed by atoms with Crippen molar-refractivity contribution < 1.29 is 24.3 Å². The van der Waals surface area contributed by atoms with Gasteiger partial charge in [0.2, 0.25) is 0 Å². The molecule has 0 aromatic heterocycles. The van der Waals surface area contributed by atoms with E-state index >= 15 is 0 Å². The lowest BCUT2D eigenvalue weighted by Gasteiger charge is -2.44. The second-order valence-electron chi connectivity index (χ2n) is 5.24. The zero-order valence-corrected chi connectivity index (χ0v) is 9.86. The zero-order chi connectivity index (χ0) is 12.6. The van der Waals surface area contributed by atoms with Crippen LogP contribution in [0, 0.1) is 5.41 Å². The molecule has 1 aliphatic rings. The van der Waals surface area contributed by atoms with Gasteiger partial charge in [0.25, 0.3) is 0 Å². The first-order chi connectivity index (χ1) is 7.23. The van der Waals surface area contributed by atoms with Crippen molar-refractivity contribution in [1.29, 1.82) is 0 Å². The number of nitrogens with zero attached hydrogens (tertiary/aromatic N) is 1. The summed E-state index contributed by atoms with van der Waals surface area (Å²) in [6, 6.07) is -0.476. The number of carbonyl (C=O) groups is 2. The van der Waals surface area contributed by atoms with E-state index in [4.69, 9.17) is 0 Å². The van der Waals surface area contributed by atoms with Gasteiger partial charge in [-0.25, -0.2) is 0 Å². The van der Waals surface area contributed by atoms with Crippen LogP contribution in [0.25, 0.3) is 0 Å². The summed E-state index contributed by atoms with van der Waals surface area (Å²) in [5.41, 5.74) is -0.385. The van der Waals surface area contributed by atoms with Crippen LogP contribution in [0.3, 0.4) is 0 Å². The van der Waals surface area contributed by atoms with Crippen molar-refractivity contribution in [2.45, 2.75) is 26.8 Å². The summed E-state index contributed by atoms with van der Waals surface area (Å²) in [6.45, 7) is 6.48. The molecule has 3 N–H and O–H groups in total. The number of carboxylic acid groups (broad SMARTS) is 2. The van der Waals surface area contributed by atoms with Crippen LogP contribution >= 0.6 is 0 Å². The van der Waals surface area contributed by atoms with Gasteiger partial charge in [0.15, 0.2) is 0 Å². The van der Waals surface area contributed by atoms with Crippen molar-refractivity contribution in [1.82, 2.24) is 5.32 Å². The third-order valence-electron chi connectivity index (χ3n) is 3.19. The highest BCUT2D eigenvalue weighted by Crippen LogP contribution is 2.32. The Bertz CT molecular complexity index is 294. The van der Waals surface area contributed by atoms with E-state index in [2.05, 4.69) is 5.32 Å². The highest BCUT2D eigenvalue weighted by molar-refractivity contribution is 5.74. The van der Waals surface area contributed by atoms with Crippen LogP contribution < -0.4 is 5.32 Å². The minimum atomic E-state index is -1.28. The van der Waals surface area contributed by atoms with Crippen molar-refractivity contribution in [2.75, 3.05) is 19.6 Å². The van der Waals surface area contributed by atoms with Gasteiger partial charge in [-0.15, -0.1) is 4.48 Å². The third-order valence-corrected chi connectivity index (χ3v) is 3.19. The summed E-state index contributed by atoms with van der Waals surface area (Å²) < 4.78 is -0.892. The van der Waals surface area contributed by atoms with Gasteiger partial charge in [0.1, 0.15) is 12.6 Å². The van der Waals surface area contributed by atoms with Gasteiger partial charge in [-0.2, -0.15) is 9.59 Å². The number of hydrogen-bond donors (Lipinski definition) is 3.